The molecule has 7 rings (SSSR count). The largest absolute Gasteiger partial charge is 0.502 e. The van der Waals surface area contributed by atoms with Crippen molar-refractivity contribution in [3.63, 3.8) is 0 Å². The minimum atomic E-state index is -0.643. The lowest BCUT2D eigenvalue weighted by molar-refractivity contribution is -0.0663. The van der Waals surface area contributed by atoms with Crippen molar-refractivity contribution in [3.8, 4) is 17.0 Å². The Kier molecular flexibility index (Phi) is 4.41. The highest BCUT2D eigenvalue weighted by atomic mass is 32.2. The molecule has 4 heterocycles. The van der Waals surface area contributed by atoms with Gasteiger partial charge in [-0.25, -0.2) is 9.07 Å². The third-order valence-electron chi connectivity index (χ3n) is 7.48. The zero-order valence-corrected chi connectivity index (χ0v) is 19.5. The van der Waals surface area contributed by atoms with Crippen molar-refractivity contribution in [1.29, 1.82) is 0 Å². The molecule has 1 spiro atoms. The van der Waals surface area contributed by atoms with Gasteiger partial charge in [0.15, 0.2) is 11.4 Å². The predicted octanol–water partition coefficient (Wildman–Crippen LogP) is 3.44. The van der Waals surface area contributed by atoms with Crippen molar-refractivity contribution in [2.75, 3.05) is 18.6 Å². The maximum absolute atomic E-state index is 15.0. The Morgan fingerprint density at radius 2 is 1.97 bits per heavy atom. The van der Waals surface area contributed by atoms with Gasteiger partial charge in [-0.2, -0.15) is 0 Å². The van der Waals surface area contributed by atoms with Crippen LogP contribution in [-0.4, -0.2) is 45.5 Å². The van der Waals surface area contributed by atoms with Gasteiger partial charge >= 0.3 is 0 Å². The molecule has 1 amide bonds. The Morgan fingerprint density at radius 3 is 2.80 bits per heavy atom. The van der Waals surface area contributed by atoms with Crippen LogP contribution in [0.4, 0.5) is 4.39 Å². The van der Waals surface area contributed by atoms with Crippen molar-refractivity contribution in [2.45, 2.75) is 41.7 Å². The van der Waals surface area contributed by atoms with E-state index in [1.54, 1.807) is 22.7 Å². The molecular weight excluding hydrogens is 469 g/mol. The van der Waals surface area contributed by atoms with Gasteiger partial charge < -0.3 is 20.2 Å². The average Bonchev–Trinajstić information content (AvgIpc) is 3.64. The highest BCUT2D eigenvalue weighted by Crippen LogP contribution is 2.45. The molecule has 2 N–H and O–H groups in total. The molecule has 0 unspecified atom stereocenters. The summed E-state index contributed by atoms with van der Waals surface area (Å²) in [5, 5.41) is 10.7. The first-order chi connectivity index (χ1) is 16.9. The first-order valence-electron chi connectivity index (χ1n) is 11.7. The van der Waals surface area contributed by atoms with Gasteiger partial charge in [-0.15, -0.1) is 11.8 Å². The van der Waals surface area contributed by atoms with E-state index in [1.165, 1.54) is 16.8 Å². The van der Waals surface area contributed by atoms with E-state index >= 15 is 4.39 Å². The number of aromatic hydroxyl groups is 1. The molecule has 1 atom stereocenters. The van der Waals surface area contributed by atoms with Crippen LogP contribution < -0.4 is 10.9 Å². The maximum Gasteiger partial charge on any atom is 0.278 e. The van der Waals surface area contributed by atoms with Gasteiger partial charge in [0.1, 0.15) is 12.0 Å². The first kappa shape index (κ1) is 21.0. The number of morpholine rings is 1. The van der Waals surface area contributed by atoms with E-state index in [0.717, 1.165) is 28.9 Å². The molecule has 7 nitrogen and oxygen atoms in total. The van der Waals surface area contributed by atoms with Crippen LogP contribution in [0.3, 0.4) is 0 Å². The Bertz CT molecular complexity index is 1480. The number of benzene rings is 2. The van der Waals surface area contributed by atoms with Crippen LogP contribution in [0.5, 0.6) is 5.75 Å². The second kappa shape index (κ2) is 7.35. The summed E-state index contributed by atoms with van der Waals surface area (Å²) in [7, 11) is 0. The van der Waals surface area contributed by atoms with Crippen LogP contribution in [-0.2, 0) is 16.9 Å². The molecular formula is C26H22FN3O4S. The molecule has 1 saturated heterocycles. The fourth-order valence-electron chi connectivity index (χ4n) is 5.38. The molecule has 1 aromatic heterocycles. The van der Waals surface area contributed by atoms with E-state index in [1.807, 2.05) is 24.3 Å². The zero-order chi connectivity index (χ0) is 23.9. The van der Waals surface area contributed by atoms with Crippen LogP contribution in [0, 0.1) is 5.82 Å². The minimum Gasteiger partial charge on any atom is -0.502 e. The van der Waals surface area contributed by atoms with Gasteiger partial charge in [0.25, 0.3) is 5.91 Å². The number of hydrogen-bond acceptors (Lipinski definition) is 6. The number of halogens is 1. The van der Waals surface area contributed by atoms with E-state index in [2.05, 4.69) is 5.43 Å². The smallest absolute Gasteiger partial charge is 0.278 e. The van der Waals surface area contributed by atoms with Crippen molar-refractivity contribution in [2.24, 2.45) is 0 Å². The topological polar surface area (TPSA) is 83.8 Å². The fraction of sp³-hybridized carbons (Fsp3) is 0.308. The molecule has 178 valence electrons. The molecule has 2 aromatic carbocycles. The number of aromatic nitrogens is 1. The van der Waals surface area contributed by atoms with Crippen molar-refractivity contribution in [1.82, 2.24) is 9.58 Å². The normalized spacial score (nSPS) is 21.3. The second-order valence-electron chi connectivity index (χ2n) is 9.62. The number of nitrogens with one attached hydrogen (secondary N) is 1. The summed E-state index contributed by atoms with van der Waals surface area (Å²) >= 11 is 1.58. The van der Waals surface area contributed by atoms with Crippen molar-refractivity contribution in [3.05, 3.63) is 80.9 Å². The lowest BCUT2D eigenvalue weighted by atomic mass is 9.92. The molecule has 3 aromatic rings. The van der Waals surface area contributed by atoms with Crippen LogP contribution in [0.2, 0.25) is 0 Å². The van der Waals surface area contributed by atoms with Gasteiger partial charge in [-0.3, -0.25) is 9.59 Å². The van der Waals surface area contributed by atoms with Gasteiger partial charge in [-0.1, -0.05) is 18.2 Å². The standard InChI is InChI=1S/C26H22FN3O4S/c27-18-6-5-15(16-9-14-3-1-2-4-21(14)35-12-17(16)18)19-10-20(31)24(32)23-25(33)29-13-26(7-8-26)34-11-22(29)28-30(19)23/h1-6,10,22,28,32H,7-9,11-13H2/t22-/m0/s1. The molecule has 1 aliphatic carbocycles. The zero-order valence-electron chi connectivity index (χ0n) is 18.7. The summed E-state index contributed by atoms with van der Waals surface area (Å²) in [6.45, 7) is 0.727. The Morgan fingerprint density at radius 1 is 1.14 bits per heavy atom. The lowest BCUT2D eigenvalue weighted by Gasteiger charge is -2.45. The number of thioether (sulfide) groups is 1. The number of carbonyl (C=O) groups is 1. The monoisotopic (exact) mass is 491 g/mol. The van der Waals surface area contributed by atoms with Crippen molar-refractivity contribution >= 4 is 17.7 Å². The summed E-state index contributed by atoms with van der Waals surface area (Å²) < 4.78 is 22.5. The molecule has 1 saturated carbocycles. The van der Waals surface area contributed by atoms with Crippen LogP contribution in [0.15, 0.2) is 52.2 Å². The number of hydrogen-bond donors (Lipinski definition) is 2. The summed E-state index contributed by atoms with van der Waals surface area (Å²) in [4.78, 5) is 29.1. The minimum absolute atomic E-state index is 0.0945. The molecule has 35 heavy (non-hydrogen) atoms. The molecule has 0 bridgehead atoms. The number of ether oxygens (including phenoxy) is 1. The van der Waals surface area contributed by atoms with Crippen LogP contribution in [0.25, 0.3) is 11.3 Å². The summed E-state index contributed by atoms with van der Waals surface area (Å²) in [6, 6.07) is 12.4. The van der Waals surface area contributed by atoms with Gasteiger partial charge in [-0.05, 0) is 48.6 Å². The van der Waals surface area contributed by atoms with Gasteiger partial charge in [0.05, 0.1) is 24.4 Å². The summed E-state index contributed by atoms with van der Waals surface area (Å²) in [5.41, 5.74) is 5.75. The van der Waals surface area contributed by atoms with Crippen LogP contribution in [0.1, 0.15) is 40.0 Å². The number of pyridine rings is 1. The average molecular weight is 492 g/mol. The SMILES string of the molecule is O=C1c2c(O)c(=O)cc(-c3ccc(F)c4c3Cc3ccccc3SC4)n2N[C@@H]2COC3(CC3)CN12. The molecule has 3 aliphatic heterocycles. The quantitative estimate of drug-likeness (QED) is 0.543. The summed E-state index contributed by atoms with van der Waals surface area (Å²) in [6.07, 6.45) is 1.84. The molecule has 4 aliphatic rings. The number of nitrogens with zero attached hydrogens (tertiary/aromatic N) is 2. The number of carbonyl (C=O) groups excluding carboxylic acids is 1. The fourth-order valence-corrected chi connectivity index (χ4v) is 6.49. The van der Waals surface area contributed by atoms with E-state index in [9.17, 15) is 14.7 Å². The van der Waals surface area contributed by atoms with E-state index < -0.39 is 23.3 Å². The Balaban J connectivity index is 1.42. The maximum atomic E-state index is 15.0. The Labute approximate surface area is 204 Å². The summed E-state index contributed by atoms with van der Waals surface area (Å²) in [5.74, 6) is -0.835. The number of rotatable bonds is 1. The third kappa shape index (κ3) is 3.14. The molecule has 9 heteroatoms. The van der Waals surface area contributed by atoms with Crippen molar-refractivity contribution < 1.29 is 19.0 Å². The number of amides is 1. The highest BCUT2D eigenvalue weighted by Gasteiger charge is 2.53. The molecule has 2 fully saturated rings. The van der Waals surface area contributed by atoms with E-state index in [0.29, 0.717) is 42.1 Å². The lowest BCUT2D eigenvalue weighted by Crippen LogP contribution is -2.62. The second-order valence-corrected chi connectivity index (χ2v) is 10.6. The van der Waals surface area contributed by atoms with Gasteiger partial charge in [0.2, 0.25) is 5.43 Å². The highest BCUT2D eigenvalue weighted by molar-refractivity contribution is 7.98. The van der Waals surface area contributed by atoms with E-state index in [-0.39, 0.29) is 17.1 Å². The first-order valence-corrected chi connectivity index (χ1v) is 12.6. The number of fused-ring (bicyclic) bond motifs is 4. The predicted molar refractivity (Wildman–Crippen MR) is 129 cm³/mol. The molecule has 0 radical (unpaired) electrons. The van der Waals surface area contributed by atoms with Crippen LogP contribution >= 0.6 is 11.8 Å². The van der Waals surface area contributed by atoms with Gasteiger partial charge in [0, 0.05) is 27.8 Å². The Hall–Kier alpha value is -3.30. The van der Waals surface area contributed by atoms with E-state index in [4.69, 9.17) is 4.74 Å². The third-order valence-corrected chi connectivity index (χ3v) is 8.63.